The van der Waals surface area contributed by atoms with Gasteiger partial charge < -0.3 is 0 Å². The molecule has 1 nitrogen and oxygen atoms in total. The van der Waals surface area contributed by atoms with Crippen molar-refractivity contribution in [2.75, 3.05) is 0 Å². The van der Waals surface area contributed by atoms with E-state index in [1.807, 2.05) is 13.0 Å². The van der Waals surface area contributed by atoms with Crippen molar-refractivity contribution >= 4 is 32.4 Å². The summed E-state index contributed by atoms with van der Waals surface area (Å²) in [6, 6.07) is 1.81. The third kappa shape index (κ3) is 2.71. The van der Waals surface area contributed by atoms with Gasteiger partial charge in [0.2, 0.25) is 0 Å². The highest BCUT2D eigenvalue weighted by Gasteiger charge is 2.14. The smallest absolute Gasteiger partial charge is 0.185 e. The number of ketones is 1. The molecule has 0 aliphatic carbocycles. The molecule has 0 heterocycles. The summed E-state index contributed by atoms with van der Waals surface area (Å²) in [6.07, 6.45) is 3.21. The Morgan fingerprint density at radius 3 is 2.41 bits per heavy atom. The van der Waals surface area contributed by atoms with Gasteiger partial charge in [-0.3, -0.25) is 4.79 Å². The second kappa shape index (κ2) is 5.39. The summed E-state index contributed by atoms with van der Waals surface area (Å²) in [5.41, 5.74) is 3.46. The summed E-state index contributed by atoms with van der Waals surface area (Å²) >= 11 is 0. The molecule has 0 saturated heterocycles. The minimum atomic E-state index is -0.0930. The standard InChI is InChI=1S/C14H16B2O/c1-5-6-12(17)13-9(4)14(16)10(8(2)3)7-11(13)15/h5-8H,1-4H3/b6-5-. The van der Waals surface area contributed by atoms with E-state index in [-0.39, 0.29) is 5.78 Å². The zero-order valence-corrected chi connectivity index (χ0v) is 10.9. The second-order valence-corrected chi connectivity index (χ2v) is 4.49. The van der Waals surface area contributed by atoms with E-state index in [9.17, 15) is 4.79 Å². The molecule has 0 aromatic heterocycles. The first-order chi connectivity index (χ1) is 7.90. The second-order valence-electron chi connectivity index (χ2n) is 4.49. The first-order valence-corrected chi connectivity index (χ1v) is 5.75. The fourth-order valence-electron chi connectivity index (χ4n) is 1.92. The fourth-order valence-corrected chi connectivity index (χ4v) is 1.92. The van der Waals surface area contributed by atoms with Gasteiger partial charge >= 0.3 is 0 Å². The Bertz CT molecular complexity index is 474. The summed E-state index contributed by atoms with van der Waals surface area (Å²) in [5.74, 6) is 0.200. The van der Waals surface area contributed by atoms with E-state index in [0.717, 1.165) is 11.1 Å². The van der Waals surface area contributed by atoms with Crippen molar-refractivity contribution in [2.24, 2.45) is 0 Å². The zero-order chi connectivity index (χ0) is 13.2. The molecule has 0 saturated carbocycles. The van der Waals surface area contributed by atoms with Crippen molar-refractivity contribution in [3.05, 3.63) is 34.9 Å². The van der Waals surface area contributed by atoms with E-state index in [1.54, 1.807) is 13.0 Å². The van der Waals surface area contributed by atoms with Crippen LogP contribution in [0.3, 0.4) is 0 Å². The van der Waals surface area contributed by atoms with Crippen LogP contribution in [0.1, 0.15) is 48.2 Å². The molecule has 0 fully saturated rings. The third-order valence-corrected chi connectivity index (χ3v) is 2.88. The fraction of sp³-hybridized carbons (Fsp3) is 0.357. The Balaban J connectivity index is 3.45. The predicted octanol–water partition coefficient (Wildman–Crippen LogP) is 1.46. The number of hydrogen-bond acceptors (Lipinski definition) is 1. The van der Waals surface area contributed by atoms with Gasteiger partial charge in [0.1, 0.15) is 15.7 Å². The number of allylic oxidation sites excluding steroid dienone is 2. The summed E-state index contributed by atoms with van der Waals surface area (Å²) in [5, 5.41) is 0. The Hall–Kier alpha value is -1.24. The van der Waals surface area contributed by atoms with Crippen LogP contribution in [0.2, 0.25) is 0 Å². The first-order valence-electron chi connectivity index (χ1n) is 5.75. The maximum atomic E-state index is 11.9. The highest BCUT2D eigenvalue weighted by Crippen LogP contribution is 2.14. The van der Waals surface area contributed by atoms with Gasteiger partial charge in [0, 0.05) is 5.56 Å². The third-order valence-electron chi connectivity index (χ3n) is 2.88. The van der Waals surface area contributed by atoms with Crippen molar-refractivity contribution in [1.29, 1.82) is 0 Å². The lowest BCUT2D eigenvalue weighted by Gasteiger charge is -2.18. The number of benzene rings is 1. The molecule has 17 heavy (non-hydrogen) atoms. The van der Waals surface area contributed by atoms with Crippen molar-refractivity contribution in [1.82, 2.24) is 0 Å². The lowest BCUT2D eigenvalue weighted by atomic mass is 9.74. The minimum absolute atomic E-state index is 0.0930. The van der Waals surface area contributed by atoms with Crippen LogP contribution in [0.15, 0.2) is 18.2 Å². The first kappa shape index (κ1) is 13.8. The van der Waals surface area contributed by atoms with Crippen LogP contribution in [0.4, 0.5) is 0 Å². The molecule has 0 unspecified atom stereocenters. The van der Waals surface area contributed by atoms with Crippen LogP contribution in [-0.4, -0.2) is 21.5 Å². The Morgan fingerprint density at radius 2 is 1.94 bits per heavy atom. The largest absolute Gasteiger partial charge is 0.289 e. The quantitative estimate of drug-likeness (QED) is 0.429. The van der Waals surface area contributed by atoms with E-state index in [0.29, 0.717) is 22.4 Å². The van der Waals surface area contributed by atoms with E-state index >= 15 is 0 Å². The molecule has 84 valence electrons. The van der Waals surface area contributed by atoms with Gasteiger partial charge in [-0.15, -0.1) is 0 Å². The highest BCUT2D eigenvalue weighted by atomic mass is 16.1. The maximum Gasteiger partial charge on any atom is 0.185 e. The normalized spacial score (nSPS) is 11.4. The van der Waals surface area contributed by atoms with Crippen molar-refractivity contribution in [3.8, 4) is 0 Å². The van der Waals surface area contributed by atoms with Crippen molar-refractivity contribution in [3.63, 3.8) is 0 Å². The Labute approximate surface area is 106 Å². The van der Waals surface area contributed by atoms with Gasteiger partial charge in [0.05, 0.1) is 0 Å². The number of carbonyl (C=O) groups excluding carboxylic acids is 1. The number of carbonyl (C=O) groups is 1. The number of rotatable bonds is 3. The molecule has 0 bridgehead atoms. The molecule has 0 amide bonds. The van der Waals surface area contributed by atoms with Gasteiger partial charge in [0.15, 0.2) is 5.78 Å². The number of hydrogen-bond donors (Lipinski definition) is 0. The maximum absolute atomic E-state index is 11.9. The molecule has 1 aromatic rings. The van der Waals surface area contributed by atoms with Gasteiger partial charge in [-0.25, -0.2) is 0 Å². The van der Waals surface area contributed by atoms with Gasteiger partial charge in [-0.2, -0.15) is 0 Å². The monoisotopic (exact) mass is 222 g/mol. The summed E-state index contributed by atoms with van der Waals surface area (Å²) < 4.78 is 0. The van der Waals surface area contributed by atoms with Gasteiger partial charge in [-0.05, 0) is 31.4 Å². The molecule has 0 aliphatic rings. The Morgan fingerprint density at radius 1 is 1.35 bits per heavy atom. The molecule has 4 radical (unpaired) electrons. The molecule has 0 N–H and O–H groups in total. The molecule has 1 rings (SSSR count). The molecular formula is C14H16B2O. The van der Waals surface area contributed by atoms with Crippen molar-refractivity contribution < 1.29 is 4.79 Å². The van der Waals surface area contributed by atoms with Crippen LogP contribution in [0, 0.1) is 6.92 Å². The van der Waals surface area contributed by atoms with E-state index < -0.39 is 0 Å². The summed E-state index contributed by atoms with van der Waals surface area (Å²) in [4.78, 5) is 11.9. The topological polar surface area (TPSA) is 17.1 Å². The summed E-state index contributed by atoms with van der Waals surface area (Å²) in [6.45, 7) is 7.75. The SMILES string of the molecule is [B]c1cc(C(C)C)c([B])c(C)c1C(=O)/C=C\C. The molecule has 0 atom stereocenters. The van der Waals surface area contributed by atoms with E-state index in [1.165, 1.54) is 6.08 Å². The molecule has 1 aromatic carbocycles. The highest BCUT2D eigenvalue weighted by molar-refractivity contribution is 6.41. The lowest BCUT2D eigenvalue weighted by Crippen LogP contribution is -2.27. The van der Waals surface area contributed by atoms with E-state index in [2.05, 4.69) is 13.8 Å². The van der Waals surface area contributed by atoms with Crippen LogP contribution in [0.5, 0.6) is 0 Å². The van der Waals surface area contributed by atoms with Gasteiger partial charge in [-0.1, -0.05) is 42.5 Å². The predicted molar refractivity (Wildman–Crippen MR) is 75.2 cm³/mol. The average molecular weight is 222 g/mol. The zero-order valence-electron chi connectivity index (χ0n) is 10.9. The lowest BCUT2D eigenvalue weighted by molar-refractivity contribution is 0.104. The van der Waals surface area contributed by atoms with Crippen molar-refractivity contribution in [2.45, 2.75) is 33.6 Å². The van der Waals surface area contributed by atoms with Crippen LogP contribution >= 0.6 is 0 Å². The Kier molecular flexibility index (Phi) is 4.39. The molecule has 0 spiro atoms. The van der Waals surface area contributed by atoms with Crippen LogP contribution in [0.25, 0.3) is 0 Å². The average Bonchev–Trinajstić information content (AvgIpc) is 2.23. The van der Waals surface area contributed by atoms with Gasteiger partial charge in [0.25, 0.3) is 0 Å². The summed E-state index contributed by atoms with van der Waals surface area (Å²) in [7, 11) is 12.0. The van der Waals surface area contributed by atoms with Crippen LogP contribution < -0.4 is 10.9 Å². The van der Waals surface area contributed by atoms with Crippen LogP contribution in [-0.2, 0) is 0 Å². The molecular weight excluding hydrogens is 206 g/mol. The molecule has 3 heteroatoms. The minimum Gasteiger partial charge on any atom is -0.289 e. The molecule has 0 aliphatic heterocycles. The van der Waals surface area contributed by atoms with E-state index in [4.69, 9.17) is 15.7 Å².